The first-order valence-electron chi connectivity index (χ1n) is 5.40. The molecule has 0 bridgehead atoms. The van der Waals surface area contributed by atoms with Gasteiger partial charge in [0, 0.05) is 19.4 Å². The highest BCUT2D eigenvalue weighted by molar-refractivity contribution is 4.99. The molecular formula is C10H18N4. The van der Waals surface area contributed by atoms with Gasteiger partial charge in [-0.15, -0.1) is 10.2 Å². The zero-order valence-electron chi connectivity index (χ0n) is 8.95. The fourth-order valence-electron chi connectivity index (χ4n) is 2.17. The fraction of sp³-hybridized carbons (Fsp3) is 0.800. The summed E-state index contributed by atoms with van der Waals surface area (Å²) in [6.45, 7) is 4.33. The normalized spacial score (nSPS) is 20.9. The van der Waals surface area contributed by atoms with Crippen LogP contribution in [-0.2, 0) is 19.4 Å². The molecule has 1 unspecified atom stereocenters. The number of rotatable bonds is 3. The molecule has 0 saturated heterocycles. The van der Waals surface area contributed by atoms with E-state index >= 15 is 0 Å². The first kappa shape index (κ1) is 9.65. The first-order chi connectivity index (χ1) is 6.85. The van der Waals surface area contributed by atoms with Crippen LogP contribution in [0.3, 0.4) is 0 Å². The van der Waals surface area contributed by atoms with Crippen LogP contribution in [0.15, 0.2) is 0 Å². The Morgan fingerprint density at radius 1 is 1.50 bits per heavy atom. The lowest BCUT2D eigenvalue weighted by Crippen LogP contribution is -2.29. The van der Waals surface area contributed by atoms with Gasteiger partial charge in [0.15, 0.2) is 0 Å². The summed E-state index contributed by atoms with van der Waals surface area (Å²) >= 11 is 0. The molecule has 2 rings (SSSR count). The third kappa shape index (κ3) is 1.66. The largest absolute Gasteiger partial charge is 0.319 e. The minimum Gasteiger partial charge on any atom is -0.319 e. The van der Waals surface area contributed by atoms with Crippen molar-refractivity contribution >= 4 is 0 Å². The summed E-state index contributed by atoms with van der Waals surface area (Å²) < 4.78 is 2.30. The molecule has 1 aromatic rings. The average molecular weight is 194 g/mol. The Morgan fingerprint density at radius 2 is 2.36 bits per heavy atom. The van der Waals surface area contributed by atoms with Gasteiger partial charge >= 0.3 is 0 Å². The summed E-state index contributed by atoms with van der Waals surface area (Å²) in [5, 5.41) is 11.7. The van der Waals surface area contributed by atoms with Gasteiger partial charge in [-0.2, -0.15) is 0 Å². The van der Waals surface area contributed by atoms with Crippen LogP contribution in [0.25, 0.3) is 0 Å². The van der Waals surface area contributed by atoms with E-state index in [4.69, 9.17) is 0 Å². The van der Waals surface area contributed by atoms with Crippen molar-refractivity contribution in [2.45, 2.75) is 32.7 Å². The van der Waals surface area contributed by atoms with Crippen molar-refractivity contribution in [3.05, 3.63) is 11.6 Å². The number of hydrogen-bond acceptors (Lipinski definition) is 3. The summed E-state index contributed by atoms with van der Waals surface area (Å²) in [5.74, 6) is 3.06. The molecule has 1 N–H and O–H groups in total. The van der Waals surface area contributed by atoms with Gasteiger partial charge in [0.05, 0.1) is 0 Å². The number of fused-ring (bicyclic) bond motifs is 1. The van der Waals surface area contributed by atoms with E-state index in [-0.39, 0.29) is 0 Å². The second-order valence-electron chi connectivity index (χ2n) is 3.96. The molecule has 0 aliphatic carbocycles. The molecule has 14 heavy (non-hydrogen) atoms. The standard InChI is InChI=1S/C10H18N4/c1-3-9-12-13-10-5-4-8(6-11-2)7-14(9)10/h8,11H,3-7H2,1-2H3. The molecule has 4 heteroatoms. The van der Waals surface area contributed by atoms with Crippen LogP contribution in [0.5, 0.6) is 0 Å². The molecule has 78 valence electrons. The molecule has 0 aromatic carbocycles. The molecule has 1 aliphatic heterocycles. The van der Waals surface area contributed by atoms with Gasteiger partial charge in [0.25, 0.3) is 0 Å². The Labute approximate surface area is 84.7 Å². The Morgan fingerprint density at radius 3 is 3.07 bits per heavy atom. The SMILES string of the molecule is CCc1nnc2n1CC(CNC)CC2. The van der Waals surface area contributed by atoms with E-state index in [1.54, 1.807) is 0 Å². The van der Waals surface area contributed by atoms with Crippen LogP contribution in [0.1, 0.15) is 25.0 Å². The van der Waals surface area contributed by atoms with Crippen LogP contribution in [-0.4, -0.2) is 28.4 Å². The summed E-state index contributed by atoms with van der Waals surface area (Å²) in [6.07, 6.45) is 3.31. The lowest BCUT2D eigenvalue weighted by Gasteiger charge is -2.23. The second-order valence-corrected chi connectivity index (χ2v) is 3.96. The zero-order chi connectivity index (χ0) is 9.97. The van der Waals surface area contributed by atoms with Gasteiger partial charge in [-0.3, -0.25) is 0 Å². The number of aryl methyl sites for hydroxylation is 2. The third-order valence-electron chi connectivity index (χ3n) is 2.93. The van der Waals surface area contributed by atoms with E-state index in [0.29, 0.717) is 0 Å². The topological polar surface area (TPSA) is 42.7 Å². The molecule has 0 spiro atoms. The van der Waals surface area contributed by atoms with Crippen LogP contribution in [0.2, 0.25) is 0 Å². The highest BCUT2D eigenvalue weighted by Crippen LogP contribution is 2.19. The average Bonchev–Trinajstić information content (AvgIpc) is 2.60. The van der Waals surface area contributed by atoms with E-state index in [1.807, 2.05) is 7.05 Å². The Kier molecular flexibility index (Phi) is 2.82. The van der Waals surface area contributed by atoms with Gasteiger partial charge in [0.1, 0.15) is 11.6 Å². The molecule has 0 fully saturated rings. The monoisotopic (exact) mass is 194 g/mol. The quantitative estimate of drug-likeness (QED) is 0.767. The second kappa shape index (κ2) is 4.09. The molecule has 0 radical (unpaired) electrons. The van der Waals surface area contributed by atoms with Crippen LogP contribution < -0.4 is 5.32 Å². The van der Waals surface area contributed by atoms with Crippen LogP contribution >= 0.6 is 0 Å². The first-order valence-corrected chi connectivity index (χ1v) is 5.40. The molecule has 1 atom stereocenters. The van der Waals surface area contributed by atoms with Crippen molar-refractivity contribution in [1.82, 2.24) is 20.1 Å². The van der Waals surface area contributed by atoms with Crippen molar-refractivity contribution in [2.24, 2.45) is 5.92 Å². The highest BCUT2D eigenvalue weighted by Gasteiger charge is 2.21. The van der Waals surface area contributed by atoms with E-state index in [2.05, 4.69) is 27.0 Å². The molecule has 0 amide bonds. The maximum Gasteiger partial charge on any atom is 0.133 e. The van der Waals surface area contributed by atoms with Crippen molar-refractivity contribution in [2.75, 3.05) is 13.6 Å². The van der Waals surface area contributed by atoms with Crippen molar-refractivity contribution < 1.29 is 0 Å². The Hall–Kier alpha value is -0.900. The summed E-state index contributed by atoms with van der Waals surface area (Å²) in [5.41, 5.74) is 0. The minimum atomic E-state index is 0.744. The molecule has 2 heterocycles. The number of nitrogens with zero attached hydrogens (tertiary/aromatic N) is 3. The third-order valence-corrected chi connectivity index (χ3v) is 2.93. The molecule has 0 saturated carbocycles. The minimum absolute atomic E-state index is 0.744. The fourth-order valence-corrected chi connectivity index (χ4v) is 2.17. The van der Waals surface area contributed by atoms with Crippen molar-refractivity contribution in [3.63, 3.8) is 0 Å². The lowest BCUT2D eigenvalue weighted by molar-refractivity contribution is 0.351. The van der Waals surface area contributed by atoms with Crippen molar-refractivity contribution in [3.8, 4) is 0 Å². The van der Waals surface area contributed by atoms with Gasteiger partial charge < -0.3 is 9.88 Å². The molecule has 1 aliphatic rings. The van der Waals surface area contributed by atoms with E-state index < -0.39 is 0 Å². The molecule has 4 nitrogen and oxygen atoms in total. The summed E-state index contributed by atoms with van der Waals surface area (Å²) in [4.78, 5) is 0. The van der Waals surface area contributed by atoms with Crippen LogP contribution in [0.4, 0.5) is 0 Å². The summed E-state index contributed by atoms with van der Waals surface area (Å²) in [6, 6.07) is 0. The zero-order valence-corrected chi connectivity index (χ0v) is 8.95. The number of aromatic nitrogens is 3. The highest BCUT2D eigenvalue weighted by atomic mass is 15.3. The Bertz CT molecular complexity index is 292. The lowest BCUT2D eigenvalue weighted by atomic mass is 9.99. The van der Waals surface area contributed by atoms with E-state index in [0.717, 1.165) is 37.7 Å². The maximum absolute atomic E-state index is 4.21. The Balaban J connectivity index is 2.14. The maximum atomic E-state index is 4.21. The van der Waals surface area contributed by atoms with E-state index in [1.165, 1.54) is 12.2 Å². The number of hydrogen-bond donors (Lipinski definition) is 1. The summed E-state index contributed by atoms with van der Waals surface area (Å²) in [7, 11) is 2.02. The number of nitrogens with one attached hydrogen (secondary N) is 1. The van der Waals surface area contributed by atoms with Gasteiger partial charge in [-0.1, -0.05) is 6.92 Å². The van der Waals surface area contributed by atoms with Gasteiger partial charge in [0.2, 0.25) is 0 Å². The van der Waals surface area contributed by atoms with Gasteiger partial charge in [-0.25, -0.2) is 0 Å². The predicted octanol–water partition coefficient (Wildman–Crippen LogP) is 0.622. The molecular weight excluding hydrogens is 176 g/mol. The smallest absolute Gasteiger partial charge is 0.133 e. The van der Waals surface area contributed by atoms with Crippen LogP contribution in [0, 0.1) is 5.92 Å². The molecule has 1 aromatic heterocycles. The predicted molar refractivity (Wildman–Crippen MR) is 55.1 cm³/mol. The van der Waals surface area contributed by atoms with Gasteiger partial charge in [-0.05, 0) is 25.9 Å². The van der Waals surface area contributed by atoms with Crippen molar-refractivity contribution in [1.29, 1.82) is 0 Å². The van der Waals surface area contributed by atoms with E-state index in [9.17, 15) is 0 Å².